The second kappa shape index (κ2) is 4.34. The lowest BCUT2D eigenvalue weighted by molar-refractivity contribution is 0.671. The molecule has 0 aliphatic carbocycles. The van der Waals surface area contributed by atoms with Gasteiger partial charge in [0.2, 0.25) is 4.63 Å². The Hall–Kier alpha value is 0.484. The lowest BCUT2D eigenvalue weighted by Crippen LogP contribution is -2.56. The normalized spacial score (nSPS) is 12.6. The molecule has 0 aromatic carbocycles. The first-order valence-corrected chi connectivity index (χ1v) is 11.9. The van der Waals surface area contributed by atoms with Gasteiger partial charge in [-0.15, -0.1) is 0 Å². The van der Waals surface area contributed by atoms with E-state index in [0.29, 0.717) is 0 Å². The van der Waals surface area contributed by atoms with E-state index in [1.54, 1.807) is 0 Å². The number of nitrogens with zero attached hydrogens (tertiary/aromatic N) is 2. The number of rotatable bonds is 3. The summed E-state index contributed by atoms with van der Waals surface area (Å²) in [5.74, 6) is 0. The van der Waals surface area contributed by atoms with Gasteiger partial charge in [-0.05, 0) is 23.2 Å². The van der Waals surface area contributed by atoms with E-state index < -0.39 is 16.5 Å². The van der Waals surface area contributed by atoms with Crippen molar-refractivity contribution in [3.8, 4) is 0 Å². The molecule has 0 aromatic heterocycles. The Labute approximate surface area is 93.1 Å². The Morgan fingerprint density at radius 1 is 0.923 bits per heavy atom. The highest BCUT2D eigenvalue weighted by Gasteiger charge is 2.33. The van der Waals surface area contributed by atoms with E-state index in [9.17, 15) is 0 Å². The third-order valence-electron chi connectivity index (χ3n) is 1.45. The highest BCUT2D eigenvalue weighted by molar-refractivity contribution is 6.96. The molecule has 13 heavy (non-hydrogen) atoms. The van der Waals surface area contributed by atoms with Crippen LogP contribution in [-0.2, 0) is 0 Å². The summed E-state index contributed by atoms with van der Waals surface area (Å²) in [7, 11) is -2.89. The molecule has 6 heteroatoms. The molecule has 78 valence electrons. The van der Waals surface area contributed by atoms with Crippen molar-refractivity contribution in [1.29, 1.82) is 0 Å². The van der Waals surface area contributed by atoms with Crippen LogP contribution >= 0.6 is 23.2 Å². The summed E-state index contributed by atoms with van der Waals surface area (Å²) < 4.78 is 2.29. The molecule has 0 aromatic rings. The Morgan fingerprint density at radius 3 is 1.31 bits per heavy atom. The Balaban J connectivity index is 4.90. The fourth-order valence-corrected chi connectivity index (χ4v) is 10.6. The van der Waals surface area contributed by atoms with E-state index in [4.69, 9.17) is 23.2 Å². The molecular weight excluding hydrogens is 239 g/mol. The molecule has 0 amide bonds. The first-order valence-electron chi connectivity index (χ1n) is 4.25. The summed E-state index contributed by atoms with van der Waals surface area (Å²) >= 11 is 11.2. The second-order valence-corrected chi connectivity index (χ2v) is 15.9. The summed E-state index contributed by atoms with van der Waals surface area (Å²) in [4.78, 5) is 0. The van der Waals surface area contributed by atoms with E-state index >= 15 is 0 Å². The maximum Gasteiger partial charge on any atom is 0.213 e. The first-order chi connectivity index (χ1) is 5.55. The second-order valence-electron chi connectivity index (χ2n) is 4.99. The summed E-state index contributed by atoms with van der Waals surface area (Å²) in [6, 6.07) is 0. The van der Waals surface area contributed by atoms with Crippen molar-refractivity contribution in [2.24, 2.45) is 5.10 Å². The van der Waals surface area contributed by atoms with Crippen LogP contribution in [0.25, 0.3) is 0 Å². The molecule has 0 N–H and O–H groups in total. The van der Waals surface area contributed by atoms with Crippen molar-refractivity contribution in [2.75, 3.05) is 0 Å². The van der Waals surface area contributed by atoms with Gasteiger partial charge in [0.05, 0.1) is 0 Å². The summed E-state index contributed by atoms with van der Waals surface area (Å²) in [5.41, 5.74) is 0. The standard InChI is InChI=1S/C7H18Cl2N2Si2/c1-12(2,3)11(10-7(8)9)13(4,5)6/h1-6H3. The Bertz CT molecular complexity index is 188. The number of hydrazone groups is 1. The zero-order valence-electron chi connectivity index (χ0n) is 9.15. The SMILES string of the molecule is C[Si](C)(C)N(N=C(Cl)Cl)[Si](C)(C)C. The van der Waals surface area contributed by atoms with Gasteiger partial charge in [-0.25, -0.2) is 0 Å². The minimum Gasteiger partial charge on any atom is -0.348 e. The highest BCUT2D eigenvalue weighted by atomic mass is 35.5. The topological polar surface area (TPSA) is 15.6 Å². The molecule has 0 fully saturated rings. The molecule has 0 aliphatic rings. The quantitative estimate of drug-likeness (QED) is 0.427. The smallest absolute Gasteiger partial charge is 0.213 e. The third-order valence-corrected chi connectivity index (χ3v) is 8.36. The van der Waals surface area contributed by atoms with Gasteiger partial charge in [0.25, 0.3) is 0 Å². The van der Waals surface area contributed by atoms with Crippen LogP contribution < -0.4 is 0 Å². The van der Waals surface area contributed by atoms with Crippen LogP contribution in [0.2, 0.25) is 39.3 Å². The fraction of sp³-hybridized carbons (Fsp3) is 0.857. The zero-order chi connectivity index (χ0) is 10.9. The molecular formula is C7H18Cl2N2Si2. The predicted molar refractivity (Wildman–Crippen MR) is 67.7 cm³/mol. The monoisotopic (exact) mass is 256 g/mol. The molecule has 0 bridgehead atoms. The van der Waals surface area contributed by atoms with E-state index in [-0.39, 0.29) is 4.63 Å². The third kappa shape index (κ3) is 5.05. The molecule has 0 unspecified atom stereocenters. The molecule has 0 heterocycles. The molecule has 0 aliphatic heterocycles. The first kappa shape index (κ1) is 13.5. The number of hydrogen-bond acceptors (Lipinski definition) is 2. The maximum atomic E-state index is 5.60. The van der Waals surface area contributed by atoms with Crippen molar-refractivity contribution < 1.29 is 0 Å². The average molecular weight is 257 g/mol. The lowest BCUT2D eigenvalue weighted by Gasteiger charge is -2.41. The van der Waals surface area contributed by atoms with Crippen LogP contribution in [0.4, 0.5) is 0 Å². The van der Waals surface area contributed by atoms with Crippen LogP contribution in [-0.4, -0.2) is 25.4 Å². The largest absolute Gasteiger partial charge is 0.348 e. The van der Waals surface area contributed by atoms with Crippen LogP contribution in [0.1, 0.15) is 0 Å². The van der Waals surface area contributed by atoms with Gasteiger partial charge in [0.15, 0.2) is 16.5 Å². The molecule has 0 spiro atoms. The van der Waals surface area contributed by atoms with Gasteiger partial charge in [0.1, 0.15) is 0 Å². The maximum absolute atomic E-state index is 5.60. The van der Waals surface area contributed by atoms with Gasteiger partial charge in [0, 0.05) is 0 Å². The summed E-state index contributed by atoms with van der Waals surface area (Å²) in [6.45, 7) is 13.4. The molecule has 0 rings (SSSR count). The van der Waals surface area contributed by atoms with Crippen LogP contribution in [0, 0.1) is 0 Å². The summed E-state index contributed by atoms with van der Waals surface area (Å²) in [5, 5.41) is 4.22. The predicted octanol–water partition coefficient (Wildman–Crippen LogP) is 3.71. The van der Waals surface area contributed by atoms with E-state index in [1.807, 2.05) is 0 Å². The van der Waals surface area contributed by atoms with Crippen molar-refractivity contribution in [1.82, 2.24) is 4.34 Å². The number of halogens is 2. The van der Waals surface area contributed by atoms with Gasteiger partial charge in [-0.1, -0.05) is 39.3 Å². The van der Waals surface area contributed by atoms with Gasteiger partial charge in [-0.2, -0.15) is 5.10 Å². The average Bonchev–Trinajstić information content (AvgIpc) is 1.77. The summed E-state index contributed by atoms with van der Waals surface area (Å²) in [6.07, 6.45) is 0. The van der Waals surface area contributed by atoms with E-state index in [2.05, 4.69) is 48.7 Å². The van der Waals surface area contributed by atoms with Crippen LogP contribution in [0.15, 0.2) is 5.10 Å². The van der Waals surface area contributed by atoms with E-state index in [1.165, 1.54) is 0 Å². The Kier molecular flexibility index (Phi) is 4.50. The van der Waals surface area contributed by atoms with Crippen LogP contribution in [0.5, 0.6) is 0 Å². The minimum absolute atomic E-state index is 0.116. The minimum atomic E-state index is -1.45. The van der Waals surface area contributed by atoms with Gasteiger partial charge in [-0.3, -0.25) is 0 Å². The lowest BCUT2D eigenvalue weighted by atomic mass is 11.7. The zero-order valence-corrected chi connectivity index (χ0v) is 12.7. The van der Waals surface area contributed by atoms with Crippen LogP contribution in [0.3, 0.4) is 0 Å². The van der Waals surface area contributed by atoms with E-state index in [0.717, 1.165) is 0 Å². The fourth-order valence-electron chi connectivity index (χ4n) is 1.38. The number of hydrogen-bond donors (Lipinski definition) is 0. The van der Waals surface area contributed by atoms with Gasteiger partial charge >= 0.3 is 0 Å². The van der Waals surface area contributed by atoms with Crippen molar-refractivity contribution in [3.05, 3.63) is 0 Å². The molecule has 2 nitrogen and oxygen atoms in total. The molecule has 0 saturated heterocycles. The molecule has 0 radical (unpaired) electrons. The highest BCUT2D eigenvalue weighted by Crippen LogP contribution is 2.20. The van der Waals surface area contributed by atoms with Crippen molar-refractivity contribution in [3.63, 3.8) is 0 Å². The van der Waals surface area contributed by atoms with Crippen molar-refractivity contribution >= 4 is 44.3 Å². The Morgan fingerprint density at radius 2 is 1.23 bits per heavy atom. The molecule has 0 saturated carbocycles. The van der Waals surface area contributed by atoms with Gasteiger partial charge < -0.3 is 4.34 Å². The molecule has 0 atom stereocenters. The van der Waals surface area contributed by atoms with Crippen molar-refractivity contribution in [2.45, 2.75) is 39.3 Å².